The molecule has 0 saturated heterocycles. The summed E-state index contributed by atoms with van der Waals surface area (Å²) < 4.78 is 21.3. The molecule has 0 spiro atoms. The Morgan fingerprint density at radius 3 is 2.27 bits per heavy atom. The van der Waals surface area contributed by atoms with E-state index in [1.807, 2.05) is 81.4 Å². The van der Waals surface area contributed by atoms with Gasteiger partial charge < -0.3 is 18.8 Å². The van der Waals surface area contributed by atoms with Gasteiger partial charge in [0.1, 0.15) is 18.1 Å². The molecule has 1 atom stereocenters. The van der Waals surface area contributed by atoms with Gasteiger partial charge in [0, 0.05) is 17.1 Å². The standard InChI is InChI=1S/C38H35Cl2N3O5S/c1-6-46-29-13-9-26(10-14-29)35-34(37(45)47-7-2)23(4)41-38-43(35)36(44)33(49-38)20-27-18-22(3)42(24(27)5)28-11-15-30(16-12-28)48-21-25-8-17-31(39)32(40)19-25/h8-20,35H,6-7,21H2,1-5H3/b33-20-/t35-/m1/s1. The van der Waals surface area contributed by atoms with Crippen molar-refractivity contribution in [2.45, 2.75) is 47.3 Å². The van der Waals surface area contributed by atoms with E-state index in [9.17, 15) is 9.59 Å². The monoisotopic (exact) mass is 715 g/mol. The van der Waals surface area contributed by atoms with Gasteiger partial charge in [0.15, 0.2) is 4.80 Å². The van der Waals surface area contributed by atoms with Crippen LogP contribution in [0.4, 0.5) is 0 Å². The summed E-state index contributed by atoms with van der Waals surface area (Å²) in [6, 6.07) is 22.1. The first-order valence-electron chi connectivity index (χ1n) is 15.9. The first-order chi connectivity index (χ1) is 23.6. The van der Waals surface area contributed by atoms with Gasteiger partial charge in [0.25, 0.3) is 5.56 Å². The maximum absolute atomic E-state index is 14.2. The Labute approximate surface area is 298 Å². The highest BCUT2D eigenvalue weighted by molar-refractivity contribution is 7.07. The van der Waals surface area contributed by atoms with Crippen LogP contribution >= 0.6 is 34.5 Å². The molecule has 0 aliphatic carbocycles. The van der Waals surface area contributed by atoms with Crippen molar-refractivity contribution in [3.8, 4) is 17.2 Å². The van der Waals surface area contributed by atoms with Crippen molar-refractivity contribution in [3.05, 3.63) is 142 Å². The fourth-order valence-corrected chi connectivity index (χ4v) is 7.34. The van der Waals surface area contributed by atoms with Crippen LogP contribution in [0, 0.1) is 13.8 Å². The highest BCUT2D eigenvalue weighted by Crippen LogP contribution is 2.32. The lowest BCUT2D eigenvalue weighted by Crippen LogP contribution is -2.39. The van der Waals surface area contributed by atoms with E-state index in [0.717, 1.165) is 39.5 Å². The Hall–Kier alpha value is -4.57. The molecule has 49 heavy (non-hydrogen) atoms. The molecule has 11 heteroatoms. The van der Waals surface area contributed by atoms with Gasteiger partial charge in [0.05, 0.1) is 45.1 Å². The molecule has 3 aromatic carbocycles. The minimum atomic E-state index is -0.696. The largest absolute Gasteiger partial charge is 0.494 e. The Kier molecular flexibility index (Phi) is 10.2. The van der Waals surface area contributed by atoms with Crippen LogP contribution in [-0.2, 0) is 16.1 Å². The molecular weight excluding hydrogens is 681 g/mol. The summed E-state index contributed by atoms with van der Waals surface area (Å²) >= 11 is 13.5. The quantitative estimate of drug-likeness (QED) is 0.140. The number of fused-ring (bicyclic) bond motifs is 1. The van der Waals surface area contributed by atoms with Crippen LogP contribution < -0.4 is 24.4 Å². The number of ether oxygens (including phenoxy) is 3. The number of allylic oxidation sites excluding steroid dienone is 1. The minimum absolute atomic E-state index is 0.208. The average Bonchev–Trinajstić information content (AvgIpc) is 3.54. The number of aryl methyl sites for hydroxylation is 1. The van der Waals surface area contributed by atoms with E-state index in [-0.39, 0.29) is 12.2 Å². The van der Waals surface area contributed by atoms with Crippen molar-refractivity contribution >= 4 is 46.6 Å². The van der Waals surface area contributed by atoms with E-state index in [0.29, 0.717) is 49.6 Å². The number of nitrogens with zero attached hydrogens (tertiary/aromatic N) is 3. The smallest absolute Gasteiger partial charge is 0.338 e. The Bertz CT molecular complexity index is 2250. The van der Waals surface area contributed by atoms with Gasteiger partial charge in [-0.1, -0.05) is 52.7 Å². The number of benzene rings is 3. The van der Waals surface area contributed by atoms with Crippen LogP contribution in [0.2, 0.25) is 10.0 Å². The SMILES string of the molecule is CCOC(=O)C1=C(C)N=c2s/c(=C\c3cc(C)n(-c4ccc(OCc5ccc(Cl)c(Cl)c5)cc4)c3C)c(=O)n2[C@@H]1c1ccc(OCC)cc1. The van der Waals surface area contributed by atoms with E-state index >= 15 is 0 Å². The molecule has 3 heterocycles. The summed E-state index contributed by atoms with van der Waals surface area (Å²) in [5, 5.41) is 0.996. The number of carbonyl (C=O) groups excluding carboxylic acids is 1. The number of thiazole rings is 1. The maximum Gasteiger partial charge on any atom is 0.338 e. The van der Waals surface area contributed by atoms with E-state index < -0.39 is 12.0 Å². The number of hydrogen-bond donors (Lipinski definition) is 0. The van der Waals surface area contributed by atoms with Crippen molar-refractivity contribution < 1.29 is 19.0 Å². The first kappa shape index (κ1) is 34.3. The molecule has 0 N–H and O–H groups in total. The molecule has 0 bridgehead atoms. The fourth-order valence-electron chi connectivity index (χ4n) is 5.98. The zero-order valence-corrected chi connectivity index (χ0v) is 30.1. The highest BCUT2D eigenvalue weighted by Gasteiger charge is 2.33. The van der Waals surface area contributed by atoms with Crippen LogP contribution in [0.25, 0.3) is 11.8 Å². The lowest BCUT2D eigenvalue weighted by atomic mass is 9.96. The van der Waals surface area contributed by atoms with Crippen molar-refractivity contribution in [1.82, 2.24) is 9.13 Å². The molecule has 6 rings (SSSR count). The van der Waals surface area contributed by atoms with Crippen LogP contribution in [0.5, 0.6) is 11.5 Å². The molecule has 2 aromatic heterocycles. The van der Waals surface area contributed by atoms with Crippen molar-refractivity contribution in [2.75, 3.05) is 13.2 Å². The van der Waals surface area contributed by atoms with Crippen molar-refractivity contribution in [2.24, 2.45) is 4.99 Å². The molecule has 1 aliphatic rings. The lowest BCUT2D eigenvalue weighted by Gasteiger charge is -2.24. The topological polar surface area (TPSA) is 84.0 Å². The van der Waals surface area contributed by atoms with Gasteiger partial charge >= 0.3 is 5.97 Å². The molecule has 8 nitrogen and oxygen atoms in total. The van der Waals surface area contributed by atoms with Crippen LogP contribution in [-0.4, -0.2) is 28.3 Å². The summed E-state index contributed by atoms with van der Waals surface area (Å²) in [7, 11) is 0. The number of esters is 1. The van der Waals surface area contributed by atoms with Crippen molar-refractivity contribution in [1.29, 1.82) is 0 Å². The third-order valence-corrected chi connectivity index (χ3v) is 9.99. The average molecular weight is 717 g/mol. The summed E-state index contributed by atoms with van der Waals surface area (Å²) in [5.41, 5.74) is 6.16. The third-order valence-electron chi connectivity index (χ3n) is 8.27. The molecule has 0 unspecified atom stereocenters. The molecule has 0 fully saturated rings. The molecule has 0 saturated carbocycles. The Morgan fingerprint density at radius 2 is 1.59 bits per heavy atom. The second-order valence-corrected chi connectivity index (χ2v) is 13.3. The van der Waals surface area contributed by atoms with E-state index in [1.165, 1.54) is 11.3 Å². The van der Waals surface area contributed by atoms with E-state index in [4.69, 9.17) is 42.4 Å². The summed E-state index contributed by atoms with van der Waals surface area (Å²) in [6.07, 6.45) is 1.90. The second kappa shape index (κ2) is 14.5. The minimum Gasteiger partial charge on any atom is -0.494 e. The Morgan fingerprint density at radius 1 is 0.898 bits per heavy atom. The molecule has 0 amide bonds. The number of carbonyl (C=O) groups is 1. The highest BCUT2D eigenvalue weighted by atomic mass is 35.5. The van der Waals surface area contributed by atoms with Gasteiger partial charge in [-0.3, -0.25) is 9.36 Å². The first-order valence-corrected chi connectivity index (χ1v) is 17.4. The fraction of sp³-hybridized carbons (Fsp3) is 0.237. The van der Waals surface area contributed by atoms with Crippen LogP contribution in [0.1, 0.15) is 54.9 Å². The van der Waals surface area contributed by atoms with E-state index in [2.05, 4.69) is 10.6 Å². The molecule has 5 aromatic rings. The number of hydrogen-bond acceptors (Lipinski definition) is 7. The Balaban J connectivity index is 1.33. The van der Waals surface area contributed by atoms with Gasteiger partial charge in [-0.05, 0) is 112 Å². The van der Waals surface area contributed by atoms with Gasteiger partial charge in [-0.15, -0.1) is 0 Å². The summed E-state index contributed by atoms with van der Waals surface area (Å²) in [5.74, 6) is 0.933. The molecule has 0 radical (unpaired) electrons. The summed E-state index contributed by atoms with van der Waals surface area (Å²) in [6.45, 7) is 10.6. The van der Waals surface area contributed by atoms with Gasteiger partial charge in [-0.25, -0.2) is 9.79 Å². The van der Waals surface area contributed by atoms with Gasteiger partial charge in [-0.2, -0.15) is 0 Å². The van der Waals surface area contributed by atoms with Gasteiger partial charge in [0.2, 0.25) is 0 Å². The molecule has 1 aliphatic heterocycles. The summed E-state index contributed by atoms with van der Waals surface area (Å²) in [4.78, 5) is 32.6. The normalized spacial score (nSPS) is 14.4. The number of halogens is 2. The molecular formula is C38H35Cl2N3O5S. The predicted octanol–water partition coefficient (Wildman–Crippen LogP) is 7.49. The zero-order chi connectivity index (χ0) is 34.8. The number of aromatic nitrogens is 2. The molecule has 252 valence electrons. The van der Waals surface area contributed by atoms with E-state index in [1.54, 1.807) is 30.5 Å². The van der Waals surface area contributed by atoms with Crippen molar-refractivity contribution in [3.63, 3.8) is 0 Å². The third kappa shape index (κ3) is 6.97. The second-order valence-electron chi connectivity index (χ2n) is 11.5. The van der Waals surface area contributed by atoms with Crippen LogP contribution in [0.3, 0.4) is 0 Å². The zero-order valence-electron chi connectivity index (χ0n) is 27.8. The maximum atomic E-state index is 14.2. The van der Waals surface area contributed by atoms with Crippen LogP contribution in [0.15, 0.2) is 93.9 Å². The number of rotatable bonds is 10. The predicted molar refractivity (Wildman–Crippen MR) is 194 cm³/mol. The lowest BCUT2D eigenvalue weighted by molar-refractivity contribution is -0.139.